The van der Waals surface area contributed by atoms with E-state index in [-0.39, 0.29) is 5.82 Å². The van der Waals surface area contributed by atoms with Gasteiger partial charge in [0.25, 0.3) is 0 Å². The molecule has 0 aliphatic carbocycles. The lowest BCUT2D eigenvalue weighted by Gasteiger charge is -2.10. The van der Waals surface area contributed by atoms with Crippen molar-refractivity contribution in [2.75, 3.05) is 5.73 Å². The van der Waals surface area contributed by atoms with Crippen molar-refractivity contribution in [2.45, 2.75) is 6.92 Å². The lowest BCUT2D eigenvalue weighted by molar-refractivity contribution is 0.626. The van der Waals surface area contributed by atoms with Crippen LogP contribution in [0.15, 0.2) is 36.4 Å². The first-order chi connectivity index (χ1) is 9.06. The number of benzene rings is 2. The highest BCUT2D eigenvalue weighted by Gasteiger charge is 2.12. The zero-order chi connectivity index (χ0) is 13.6. The maximum Gasteiger partial charge on any atom is 0.205 e. The fraction of sp³-hybridized carbons (Fsp3) is 0.0714. The van der Waals surface area contributed by atoms with Gasteiger partial charge in [-0.15, -0.1) is 0 Å². The predicted molar refractivity (Wildman–Crippen MR) is 82.9 cm³/mol. The van der Waals surface area contributed by atoms with E-state index < -0.39 is 0 Å². The summed E-state index contributed by atoms with van der Waals surface area (Å²) in [5.41, 5.74) is 9.35. The quantitative estimate of drug-likeness (QED) is 0.668. The second-order valence-corrected chi connectivity index (χ2v) is 5.61. The lowest BCUT2D eigenvalue weighted by Crippen LogP contribution is -2.03. The summed E-state index contributed by atoms with van der Waals surface area (Å²) < 4.78 is 16.3. The number of aromatic nitrogens is 2. The Bertz CT molecular complexity index is 780. The molecular weight excluding hydrogens is 356 g/mol. The number of aryl methyl sites for hydroxylation is 1. The summed E-state index contributed by atoms with van der Waals surface area (Å²) >= 11 is 2.23. The molecule has 5 heteroatoms. The molecule has 3 aromatic rings. The average molecular weight is 367 g/mol. The zero-order valence-corrected chi connectivity index (χ0v) is 12.3. The SMILES string of the molecule is Cc1ccc(F)cc1-n1c(N)nc2cc(I)ccc21. The van der Waals surface area contributed by atoms with Crippen LogP contribution in [0.5, 0.6) is 0 Å². The minimum absolute atomic E-state index is 0.285. The van der Waals surface area contributed by atoms with Crippen molar-refractivity contribution in [3.63, 3.8) is 0 Å². The van der Waals surface area contributed by atoms with E-state index in [4.69, 9.17) is 5.73 Å². The molecule has 0 amide bonds. The van der Waals surface area contributed by atoms with E-state index in [1.807, 2.05) is 25.1 Å². The molecule has 1 aromatic heterocycles. The second-order valence-electron chi connectivity index (χ2n) is 4.37. The number of anilines is 1. The van der Waals surface area contributed by atoms with Gasteiger partial charge in [-0.3, -0.25) is 4.57 Å². The van der Waals surface area contributed by atoms with Gasteiger partial charge in [-0.05, 0) is 65.4 Å². The first-order valence-electron chi connectivity index (χ1n) is 5.76. The number of rotatable bonds is 1. The standard InChI is InChI=1S/C14H11FIN3/c1-8-2-3-9(15)6-13(8)19-12-5-4-10(16)7-11(12)18-14(19)17/h2-7H,1H3,(H2,17,18). The van der Waals surface area contributed by atoms with E-state index in [0.717, 1.165) is 25.9 Å². The largest absolute Gasteiger partial charge is 0.369 e. The van der Waals surface area contributed by atoms with Crippen molar-refractivity contribution >= 4 is 39.6 Å². The Morgan fingerprint density at radius 3 is 2.79 bits per heavy atom. The third-order valence-electron chi connectivity index (χ3n) is 3.05. The van der Waals surface area contributed by atoms with Crippen LogP contribution in [0, 0.1) is 16.3 Å². The van der Waals surface area contributed by atoms with E-state index in [1.54, 1.807) is 10.6 Å². The highest BCUT2D eigenvalue weighted by molar-refractivity contribution is 14.1. The van der Waals surface area contributed by atoms with Gasteiger partial charge in [-0.2, -0.15) is 0 Å². The van der Waals surface area contributed by atoms with Crippen LogP contribution in [0.3, 0.4) is 0 Å². The molecule has 2 aromatic carbocycles. The smallest absolute Gasteiger partial charge is 0.205 e. The highest BCUT2D eigenvalue weighted by Crippen LogP contribution is 2.26. The summed E-state index contributed by atoms with van der Waals surface area (Å²) in [6, 6.07) is 10.5. The normalized spacial score (nSPS) is 11.1. The molecule has 0 atom stereocenters. The van der Waals surface area contributed by atoms with Gasteiger partial charge in [0, 0.05) is 3.57 Å². The molecule has 96 valence electrons. The maximum atomic E-state index is 13.5. The van der Waals surface area contributed by atoms with Gasteiger partial charge in [-0.1, -0.05) is 6.07 Å². The molecule has 0 saturated heterocycles. The number of hydrogen-bond donors (Lipinski definition) is 1. The van der Waals surface area contributed by atoms with Crippen molar-refractivity contribution in [2.24, 2.45) is 0 Å². The Balaban J connectivity index is 2.36. The molecule has 0 radical (unpaired) electrons. The van der Waals surface area contributed by atoms with Gasteiger partial charge in [0.05, 0.1) is 16.7 Å². The first kappa shape index (κ1) is 12.4. The fourth-order valence-corrected chi connectivity index (χ4v) is 2.62. The van der Waals surface area contributed by atoms with Gasteiger partial charge >= 0.3 is 0 Å². The van der Waals surface area contributed by atoms with Crippen LogP contribution in [0.1, 0.15) is 5.56 Å². The van der Waals surface area contributed by atoms with Crippen molar-refractivity contribution in [1.82, 2.24) is 9.55 Å². The molecule has 0 aliphatic rings. The van der Waals surface area contributed by atoms with Crippen LogP contribution in [0.2, 0.25) is 0 Å². The van der Waals surface area contributed by atoms with E-state index in [9.17, 15) is 4.39 Å². The van der Waals surface area contributed by atoms with Crippen molar-refractivity contribution in [1.29, 1.82) is 0 Å². The molecule has 0 bridgehead atoms. The van der Waals surface area contributed by atoms with Crippen LogP contribution in [-0.4, -0.2) is 9.55 Å². The number of imidazole rings is 1. The van der Waals surface area contributed by atoms with Crippen molar-refractivity contribution < 1.29 is 4.39 Å². The fourth-order valence-electron chi connectivity index (χ4n) is 2.15. The number of fused-ring (bicyclic) bond motifs is 1. The van der Waals surface area contributed by atoms with Crippen molar-refractivity contribution in [3.8, 4) is 5.69 Å². The van der Waals surface area contributed by atoms with Crippen LogP contribution in [-0.2, 0) is 0 Å². The summed E-state index contributed by atoms with van der Waals surface area (Å²) in [7, 11) is 0. The predicted octanol–water partition coefficient (Wildman–Crippen LogP) is 3.66. The van der Waals surface area contributed by atoms with Gasteiger partial charge in [0.1, 0.15) is 5.82 Å². The van der Waals surface area contributed by atoms with Gasteiger partial charge in [0.2, 0.25) is 5.95 Å². The molecule has 0 saturated carbocycles. The Morgan fingerprint density at radius 2 is 2.00 bits per heavy atom. The topological polar surface area (TPSA) is 43.8 Å². The Morgan fingerprint density at radius 1 is 1.21 bits per heavy atom. The summed E-state index contributed by atoms with van der Waals surface area (Å²) in [5.74, 6) is 0.0815. The summed E-state index contributed by atoms with van der Waals surface area (Å²) in [5, 5.41) is 0. The maximum absolute atomic E-state index is 13.5. The third-order valence-corrected chi connectivity index (χ3v) is 3.73. The molecule has 0 spiro atoms. The molecule has 0 aliphatic heterocycles. The number of nitrogens with two attached hydrogens (primary N) is 1. The first-order valence-corrected chi connectivity index (χ1v) is 6.84. The molecule has 1 heterocycles. The van der Waals surface area contributed by atoms with Gasteiger partial charge < -0.3 is 5.73 Å². The minimum atomic E-state index is -0.285. The molecule has 2 N–H and O–H groups in total. The molecule has 0 fully saturated rings. The van der Waals surface area contributed by atoms with Crippen LogP contribution >= 0.6 is 22.6 Å². The molecule has 3 nitrogen and oxygen atoms in total. The number of nitrogens with zero attached hydrogens (tertiary/aromatic N) is 2. The lowest BCUT2D eigenvalue weighted by atomic mass is 10.2. The van der Waals surface area contributed by atoms with E-state index in [1.165, 1.54) is 12.1 Å². The Labute approximate surface area is 123 Å². The molecule has 0 unspecified atom stereocenters. The van der Waals surface area contributed by atoms with Crippen LogP contribution in [0.4, 0.5) is 10.3 Å². The Hall–Kier alpha value is -1.63. The highest BCUT2D eigenvalue weighted by atomic mass is 127. The molecule has 3 rings (SSSR count). The van der Waals surface area contributed by atoms with Crippen LogP contribution < -0.4 is 5.73 Å². The van der Waals surface area contributed by atoms with Crippen LogP contribution in [0.25, 0.3) is 16.7 Å². The monoisotopic (exact) mass is 367 g/mol. The number of hydrogen-bond acceptors (Lipinski definition) is 2. The van der Waals surface area contributed by atoms with E-state index in [2.05, 4.69) is 27.6 Å². The summed E-state index contributed by atoms with van der Waals surface area (Å²) in [6.07, 6.45) is 0. The molecule has 19 heavy (non-hydrogen) atoms. The van der Waals surface area contributed by atoms with Gasteiger partial charge in [0.15, 0.2) is 0 Å². The third kappa shape index (κ3) is 2.07. The zero-order valence-electron chi connectivity index (χ0n) is 10.2. The second kappa shape index (κ2) is 4.48. The van der Waals surface area contributed by atoms with Gasteiger partial charge in [-0.25, -0.2) is 9.37 Å². The van der Waals surface area contributed by atoms with E-state index >= 15 is 0 Å². The summed E-state index contributed by atoms with van der Waals surface area (Å²) in [6.45, 7) is 1.92. The molecular formula is C14H11FIN3. The van der Waals surface area contributed by atoms with E-state index in [0.29, 0.717) is 5.95 Å². The average Bonchev–Trinajstić information content (AvgIpc) is 2.67. The Kier molecular flexibility index (Phi) is 2.93. The van der Waals surface area contributed by atoms with Crippen molar-refractivity contribution in [3.05, 3.63) is 51.3 Å². The number of nitrogen functional groups attached to an aromatic ring is 1. The minimum Gasteiger partial charge on any atom is -0.369 e. The number of halogens is 2. The summed E-state index contributed by atoms with van der Waals surface area (Å²) in [4.78, 5) is 4.33.